The van der Waals surface area contributed by atoms with Crippen molar-refractivity contribution in [3.05, 3.63) is 53.3 Å². The van der Waals surface area contributed by atoms with Crippen molar-refractivity contribution in [3.8, 4) is 11.5 Å². The Labute approximate surface area is 109 Å². The number of aromatic nitrogens is 1. The first kappa shape index (κ1) is 12.4. The summed E-state index contributed by atoms with van der Waals surface area (Å²) >= 11 is 5.97. The van der Waals surface area contributed by atoms with E-state index in [-0.39, 0.29) is 5.02 Å². The minimum atomic E-state index is -0.479. The predicted molar refractivity (Wildman–Crippen MR) is 67.1 cm³/mol. The normalized spacial score (nSPS) is 9.89. The number of pyridine rings is 1. The van der Waals surface area contributed by atoms with E-state index in [9.17, 15) is 4.79 Å². The van der Waals surface area contributed by atoms with Crippen LogP contribution in [-0.2, 0) is 4.74 Å². The van der Waals surface area contributed by atoms with Crippen molar-refractivity contribution in [2.75, 3.05) is 7.11 Å². The van der Waals surface area contributed by atoms with Crippen LogP contribution in [0.4, 0.5) is 0 Å². The van der Waals surface area contributed by atoms with Crippen molar-refractivity contribution in [3.63, 3.8) is 0 Å². The Balaban J connectivity index is 2.22. The summed E-state index contributed by atoms with van der Waals surface area (Å²) in [5.41, 5.74) is 0.303. The van der Waals surface area contributed by atoms with Crippen molar-refractivity contribution >= 4 is 17.6 Å². The van der Waals surface area contributed by atoms with Gasteiger partial charge < -0.3 is 9.47 Å². The molecule has 2 rings (SSSR count). The first-order valence-electron chi connectivity index (χ1n) is 5.16. The molecule has 1 aromatic carbocycles. The number of nitrogens with zero attached hydrogens (tertiary/aromatic N) is 1. The van der Waals surface area contributed by atoms with Gasteiger partial charge in [0.15, 0.2) is 0 Å². The lowest BCUT2D eigenvalue weighted by Gasteiger charge is -2.07. The van der Waals surface area contributed by atoms with Gasteiger partial charge in [-0.2, -0.15) is 0 Å². The third-order valence-corrected chi connectivity index (χ3v) is 2.53. The van der Waals surface area contributed by atoms with E-state index in [0.717, 1.165) is 0 Å². The summed E-state index contributed by atoms with van der Waals surface area (Å²) in [5, 5.41) is 0.281. The third kappa shape index (κ3) is 2.78. The van der Waals surface area contributed by atoms with Crippen molar-refractivity contribution in [2.45, 2.75) is 0 Å². The maximum absolute atomic E-state index is 11.3. The number of benzene rings is 1. The van der Waals surface area contributed by atoms with Gasteiger partial charge in [0, 0.05) is 12.3 Å². The van der Waals surface area contributed by atoms with E-state index in [1.54, 1.807) is 42.7 Å². The molecule has 0 saturated carbocycles. The van der Waals surface area contributed by atoms with E-state index in [2.05, 4.69) is 9.72 Å². The molecule has 2 aromatic rings. The number of hydrogen-bond donors (Lipinski definition) is 0. The molecule has 0 saturated heterocycles. The highest BCUT2D eigenvalue weighted by atomic mass is 35.5. The zero-order chi connectivity index (χ0) is 13.0. The van der Waals surface area contributed by atoms with Crippen molar-refractivity contribution < 1.29 is 14.3 Å². The summed E-state index contributed by atoms with van der Waals surface area (Å²) in [5.74, 6) is 0.646. The predicted octanol–water partition coefficient (Wildman–Crippen LogP) is 3.31. The number of ether oxygens (including phenoxy) is 2. The average molecular weight is 264 g/mol. The van der Waals surface area contributed by atoms with E-state index >= 15 is 0 Å². The van der Waals surface area contributed by atoms with E-state index in [1.165, 1.54) is 7.11 Å². The fourth-order valence-electron chi connectivity index (χ4n) is 1.38. The Morgan fingerprint density at radius 1 is 1.28 bits per heavy atom. The monoisotopic (exact) mass is 263 g/mol. The molecule has 0 fully saturated rings. The second-order valence-corrected chi connectivity index (χ2v) is 3.83. The highest BCUT2D eigenvalue weighted by Gasteiger charge is 2.11. The summed E-state index contributed by atoms with van der Waals surface area (Å²) in [6, 6.07) is 8.29. The minimum Gasteiger partial charge on any atom is -0.465 e. The molecule has 92 valence electrons. The van der Waals surface area contributed by atoms with E-state index in [0.29, 0.717) is 17.1 Å². The summed E-state index contributed by atoms with van der Waals surface area (Å²) in [6.45, 7) is 0. The number of halogens is 1. The molecule has 18 heavy (non-hydrogen) atoms. The van der Waals surface area contributed by atoms with Gasteiger partial charge in [0.2, 0.25) is 0 Å². The van der Waals surface area contributed by atoms with Crippen LogP contribution in [0.15, 0.2) is 42.7 Å². The molecule has 0 radical (unpaired) electrons. The number of carbonyl (C=O) groups excluding carboxylic acids is 1. The van der Waals surface area contributed by atoms with Crippen LogP contribution in [0, 0.1) is 0 Å². The first-order chi connectivity index (χ1) is 8.70. The summed E-state index contributed by atoms with van der Waals surface area (Å²) in [6.07, 6.45) is 3.24. The highest BCUT2D eigenvalue weighted by molar-refractivity contribution is 6.33. The second-order valence-electron chi connectivity index (χ2n) is 3.42. The van der Waals surface area contributed by atoms with Gasteiger partial charge in [-0.1, -0.05) is 11.6 Å². The molecule has 1 aromatic heterocycles. The van der Waals surface area contributed by atoms with Crippen LogP contribution in [0.5, 0.6) is 11.5 Å². The first-order valence-corrected chi connectivity index (χ1v) is 5.54. The van der Waals surface area contributed by atoms with Gasteiger partial charge in [-0.05, 0) is 24.3 Å². The molecular weight excluding hydrogens is 254 g/mol. The highest BCUT2D eigenvalue weighted by Crippen LogP contribution is 2.26. The van der Waals surface area contributed by atoms with E-state index < -0.39 is 5.97 Å². The smallest absolute Gasteiger partial charge is 0.339 e. The molecule has 4 nitrogen and oxygen atoms in total. The van der Waals surface area contributed by atoms with Gasteiger partial charge in [0.1, 0.15) is 11.5 Å². The Morgan fingerprint density at radius 2 is 2.11 bits per heavy atom. The molecule has 0 aliphatic carbocycles. The van der Waals surface area contributed by atoms with Crippen LogP contribution in [0.1, 0.15) is 10.4 Å². The van der Waals surface area contributed by atoms with Gasteiger partial charge in [0.25, 0.3) is 0 Å². The van der Waals surface area contributed by atoms with E-state index in [4.69, 9.17) is 16.3 Å². The molecule has 0 bridgehead atoms. The lowest BCUT2D eigenvalue weighted by Crippen LogP contribution is -2.01. The van der Waals surface area contributed by atoms with Crippen LogP contribution < -0.4 is 4.74 Å². The maximum atomic E-state index is 11.3. The number of hydrogen-bond acceptors (Lipinski definition) is 4. The number of esters is 1. The second kappa shape index (κ2) is 5.51. The molecule has 1 heterocycles. The molecular formula is C13H10ClNO3. The van der Waals surface area contributed by atoms with Crippen LogP contribution >= 0.6 is 11.6 Å². The average Bonchev–Trinajstić information content (AvgIpc) is 2.39. The SMILES string of the molecule is COC(=O)c1ccc(Oc2cccnc2)cc1Cl. The third-order valence-electron chi connectivity index (χ3n) is 2.22. The van der Waals surface area contributed by atoms with Gasteiger partial charge in [-0.15, -0.1) is 0 Å². The Bertz CT molecular complexity index is 557. The summed E-state index contributed by atoms with van der Waals surface area (Å²) < 4.78 is 10.1. The topological polar surface area (TPSA) is 48.4 Å². The molecule has 0 atom stereocenters. The number of carbonyl (C=O) groups is 1. The Morgan fingerprint density at radius 3 is 2.72 bits per heavy atom. The van der Waals surface area contributed by atoms with Crippen LogP contribution in [0.3, 0.4) is 0 Å². The van der Waals surface area contributed by atoms with Gasteiger partial charge in [-0.25, -0.2) is 4.79 Å². The molecule has 0 N–H and O–H groups in total. The Kier molecular flexibility index (Phi) is 3.79. The fraction of sp³-hybridized carbons (Fsp3) is 0.0769. The molecule has 5 heteroatoms. The van der Waals surface area contributed by atoms with E-state index in [1.807, 2.05) is 0 Å². The maximum Gasteiger partial charge on any atom is 0.339 e. The van der Waals surface area contributed by atoms with Gasteiger partial charge in [-0.3, -0.25) is 4.98 Å². The lowest BCUT2D eigenvalue weighted by atomic mass is 10.2. The van der Waals surface area contributed by atoms with Gasteiger partial charge in [0.05, 0.1) is 23.9 Å². The van der Waals surface area contributed by atoms with Crippen molar-refractivity contribution in [1.29, 1.82) is 0 Å². The molecule has 0 unspecified atom stereocenters. The summed E-state index contributed by atoms with van der Waals surface area (Å²) in [4.78, 5) is 15.3. The molecule has 0 amide bonds. The standard InChI is InChI=1S/C13H10ClNO3/c1-17-13(16)11-5-4-9(7-12(11)14)18-10-3-2-6-15-8-10/h2-8H,1H3. The zero-order valence-electron chi connectivity index (χ0n) is 9.59. The molecule has 0 spiro atoms. The van der Waals surface area contributed by atoms with Gasteiger partial charge >= 0.3 is 5.97 Å². The van der Waals surface area contributed by atoms with Crippen molar-refractivity contribution in [2.24, 2.45) is 0 Å². The van der Waals surface area contributed by atoms with Crippen LogP contribution in [0.2, 0.25) is 5.02 Å². The molecule has 0 aliphatic heterocycles. The number of methoxy groups -OCH3 is 1. The quantitative estimate of drug-likeness (QED) is 0.797. The van der Waals surface area contributed by atoms with Crippen LogP contribution in [-0.4, -0.2) is 18.1 Å². The largest absolute Gasteiger partial charge is 0.465 e. The fourth-order valence-corrected chi connectivity index (χ4v) is 1.63. The van der Waals surface area contributed by atoms with Crippen molar-refractivity contribution in [1.82, 2.24) is 4.98 Å². The summed E-state index contributed by atoms with van der Waals surface area (Å²) in [7, 11) is 1.30. The molecule has 0 aliphatic rings. The zero-order valence-corrected chi connectivity index (χ0v) is 10.3. The minimum absolute atomic E-state index is 0.281. The Hall–Kier alpha value is -2.07. The number of rotatable bonds is 3. The van der Waals surface area contributed by atoms with Crippen LogP contribution in [0.25, 0.3) is 0 Å². The lowest BCUT2D eigenvalue weighted by molar-refractivity contribution is 0.0601.